The topological polar surface area (TPSA) is 104 Å². The van der Waals surface area contributed by atoms with Crippen LogP contribution in [0.5, 0.6) is 5.75 Å². The van der Waals surface area contributed by atoms with Gasteiger partial charge in [-0.2, -0.15) is 5.26 Å². The van der Waals surface area contributed by atoms with Gasteiger partial charge >= 0.3 is 15.2 Å². The fourth-order valence-electron chi connectivity index (χ4n) is 3.19. The number of ether oxygens (including phenoxy) is 1. The predicted octanol–water partition coefficient (Wildman–Crippen LogP) is 6.67. The van der Waals surface area contributed by atoms with Gasteiger partial charge in [0.15, 0.2) is 5.40 Å². The molecule has 0 unspecified atom stereocenters. The summed E-state index contributed by atoms with van der Waals surface area (Å²) in [7, 11) is -7.80. The lowest BCUT2D eigenvalue weighted by atomic mass is 10.1. The van der Waals surface area contributed by atoms with Crippen molar-refractivity contribution < 1.29 is 32.0 Å². The quantitative estimate of drug-likeness (QED) is 0.268. The first kappa shape index (κ1) is 27.3. The maximum Gasteiger partial charge on any atom is 0.350 e. The molecule has 0 aliphatic heterocycles. The van der Waals surface area contributed by atoms with Crippen LogP contribution in [-0.4, -0.2) is 26.4 Å². The first-order chi connectivity index (χ1) is 15.9. The van der Waals surface area contributed by atoms with Crippen molar-refractivity contribution in [2.75, 3.05) is 26.4 Å². The monoisotopic (exact) mass is 495 g/mol. The number of hydrogen-bond acceptors (Lipinski definition) is 8. The summed E-state index contributed by atoms with van der Waals surface area (Å²) in [6, 6.07) is 15.9. The van der Waals surface area contributed by atoms with Crippen LogP contribution in [0.1, 0.15) is 49.8 Å². The molecule has 0 amide bonds. The van der Waals surface area contributed by atoms with Gasteiger partial charge in [0.05, 0.1) is 38.1 Å². The van der Waals surface area contributed by atoms with Crippen molar-refractivity contribution in [3.63, 3.8) is 0 Å². The van der Waals surface area contributed by atoms with Gasteiger partial charge in [-0.1, -0.05) is 24.3 Å². The van der Waals surface area contributed by atoms with Crippen molar-refractivity contribution in [1.29, 1.82) is 5.26 Å². The van der Waals surface area contributed by atoms with Gasteiger partial charge in [0.25, 0.3) is 0 Å². The van der Waals surface area contributed by atoms with E-state index in [9.17, 15) is 9.13 Å². The minimum absolute atomic E-state index is 0.109. The zero-order chi connectivity index (χ0) is 24.3. The average molecular weight is 495 g/mol. The summed E-state index contributed by atoms with van der Waals surface area (Å²) in [5.74, 6) is 0.562. The van der Waals surface area contributed by atoms with Gasteiger partial charge in [0.2, 0.25) is 0 Å². The van der Waals surface area contributed by atoms with Crippen LogP contribution in [0.15, 0.2) is 48.5 Å². The number of benzene rings is 2. The van der Waals surface area contributed by atoms with E-state index in [4.69, 9.17) is 28.1 Å². The number of nitrogens with zero attached hydrogens (tertiary/aromatic N) is 1. The highest BCUT2D eigenvalue weighted by molar-refractivity contribution is 7.72. The molecule has 0 fully saturated rings. The first-order valence-corrected chi connectivity index (χ1v) is 14.1. The minimum Gasteiger partial charge on any atom is -0.489 e. The van der Waals surface area contributed by atoms with Gasteiger partial charge in [-0.15, -0.1) is 0 Å². The van der Waals surface area contributed by atoms with Gasteiger partial charge in [0, 0.05) is 0 Å². The molecule has 0 spiro atoms. The second kappa shape index (κ2) is 13.1. The Morgan fingerprint density at radius 3 is 1.61 bits per heavy atom. The SMILES string of the molecule is CCOP(=O)(OCC)C(c1ccc(OCc2ccc(C#N)cc2)cc1)P(=O)(OCC)OCC. The third-order valence-corrected chi connectivity index (χ3v) is 10.5. The molecule has 0 atom stereocenters. The summed E-state index contributed by atoms with van der Waals surface area (Å²) in [6.07, 6.45) is 0. The van der Waals surface area contributed by atoms with Crippen LogP contribution in [0, 0.1) is 11.3 Å². The molecule has 10 heteroatoms. The van der Waals surface area contributed by atoms with E-state index in [0.717, 1.165) is 5.56 Å². The van der Waals surface area contributed by atoms with Gasteiger partial charge < -0.3 is 22.8 Å². The standard InChI is InChI=1S/C23H31NO7P2/c1-5-28-32(25,29-6-2)23(33(26,30-7-3)31-8-4)21-13-15-22(16-14-21)27-18-20-11-9-19(17-24)10-12-20/h9-16,23H,5-8,18H2,1-4H3. The summed E-state index contributed by atoms with van der Waals surface area (Å²) in [6.45, 7) is 7.50. The molecule has 0 bridgehead atoms. The Morgan fingerprint density at radius 2 is 1.21 bits per heavy atom. The van der Waals surface area contributed by atoms with E-state index in [2.05, 4.69) is 6.07 Å². The Morgan fingerprint density at radius 1 is 0.758 bits per heavy atom. The van der Waals surface area contributed by atoms with Gasteiger partial charge in [0.1, 0.15) is 12.4 Å². The Labute approximate surface area is 195 Å². The Bertz CT molecular complexity index is 953. The fraction of sp³-hybridized carbons (Fsp3) is 0.435. The Kier molecular flexibility index (Phi) is 10.8. The average Bonchev–Trinajstić information content (AvgIpc) is 2.79. The molecule has 0 aliphatic rings. The lowest BCUT2D eigenvalue weighted by Gasteiger charge is -2.31. The zero-order valence-corrected chi connectivity index (χ0v) is 21.2. The molecule has 2 rings (SSSR count). The molecular weight excluding hydrogens is 464 g/mol. The van der Waals surface area contributed by atoms with Crippen molar-refractivity contribution in [1.82, 2.24) is 0 Å². The summed E-state index contributed by atoms with van der Waals surface area (Å²) in [5.41, 5.74) is 1.93. The molecular formula is C23H31NO7P2. The van der Waals surface area contributed by atoms with Crippen LogP contribution in [0.4, 0.5) is 0 Å². The number of nitriles is 1. The van der Waals surface area contributed by atoms with Gasteiger partial charge in [-0.3, -0.25) is 9.13 Å². The van der Waals surface area contributed by atoms with Gasteiger partial charge in [-0.25, -0.2) is 0 Å². The first-order valence-electron chi connectivity index (χ1n) is 10.8. The molecule has 2 aromatic rings. The van der Waals surface area contributed by atoms with Crippen molar-refractivity contribution in [2.24, 2.45) is 0 Å². The molecule has 0 saturated heterocycles. The van der Waals surface area contributed by atoms with E-state index in [-0.39, 0.29) is 26.4 Å². The summed E-state index contributed by atoms with van der Waals surface area (Å²) < 4.78 is 55.4. The Hall–Kier alpha value is -1.97. The second-order valence-electron chi connectivity index (χ2n) is 6.79. The van der Waals surface area contributed by atoms with E-state index in [1.54, 1.807) is 64.1 Å². The van der Waals surface area contributed by atoms with Crippen molar-refractivity contribution in [3.05, 3.63) is 65.2 Å². The van der Waals surface area contributed by atoms with Crippen molar-refractivity contribution in [2.45, 2.75) is 39.7 Å². The highest BCUT2D eigenvalue weighted by Crippen LogP contribution is 2.78. The van der Waals surface area contributed by atoms with Crippen LogP contribution < -0.4 is 4.74 Å². The summed E-state index contributed by atoms with van der Waals surface area (Å²) in [4.78, 5) is 0. The lowest BCUT2D eigenvalue weighted by Crippen LogP contribution is -2.12. The highest BCUT2D eigenvalue weighted by atomic mass is 31.2. The van der Waals surface area contributed by atoms with E-state index < -0.39 is 20.6 Å². The van der Waals surface area contributed by atoms with E-state index in [1.807, 2.05) is 12.1 Å². The number of hydrogen-bond donors (Lipinski definition) is 0. The molecule has 8 nitrogen and oxygen atoms in total. The Balaban J connectivity index is 2.35. The molecule has 0 radical (unpaired) electrons. The maximum atomic E-state index is 13.7. The van der Waals surface area contributed by atoms with Gasteiger partial charge in [-0.05, 0) is 63.1 Å². The molecule has 180 valence electrons. The van der Waals surface area contributed by atoms with Crippen molar-refractivity contribution >= 4 is 15.2 Å². The molecule has 33 heavy (non-hydrogen) atoms. The van der Waals surface area contributed by atoms with E-state index >= 15 is 0 Å². The van der Waals surface area contributed by atoms with Crippen LogP contribution in [0.3, 0.4) is 0 Å². The third-order valence-electron chi connectivity index (χ3n) is 4.50. The normalized spacial score (nSPS) is 12.0. The predicted molar refractivity (Wildman–Crippen MR) is 126 cm³/mol. The minimum atomic E-state index is -3.90. The molecule has 0 saturated carbocycles. The summed E-state index contributed by atoms with van der Waals surface area (Å²) in [5, 5.41) is 7.66. The summed E-state index contributed by atoms with van der Waals surface area (Å²) >= 11 is 0. The van der Waals surface area contributed by atoms with E-state index in [0.29, 0.717) is 23.5 Å². The smallest absolute Gasteiger partial charge is 0.350 e. The largest absolute Gasteiger partial charge is 0.489 e. The highest BCUT2D eigenvalue weighted by Gasteiger charge is 2.51. The second-order valence-corrected chi connectivity index (χ2v) is 11.4. The number of rotatable bonds is 14. The van der Waals surface area contributed by atoms with Crippen LogP contribution in [-0.2, 0) is 33.8 Å². The maximum absolute atomic E-state index is 13.7. The molecule has 0 N–H and O–H groups in total. The third kappa shape index (κ3) is 7.25. The van der Waals surface area contributed by atoms with Crippen LogP contribution in [0.25, 0.3) is 0 Å². The molecule has 0 heterocycles. The zero-order valence-electron chi connectivity index (χ0n) is 19.4. The fourth-order valence-corrected chi connectivity index (χ4v) is 8.61. The van der Waals surface area contributed by atoms with Crippen LogP contribution >= 0.6 is 15.2 Å². The lowest BCUT2D eigenvalue weighted by molar-refractivity contribution is 0.195. The van der Waals surface area contributed by atoms with Crippen LogP contribution in [0.2, 0.25) is 0 Å². The molecule has 2 aromatic carbocycles. The molecule has 0 aliphatic carbocycles. The molecule has 0 aromatic heterocycles. The van der Waals surface area contributed by atoms with Crippen molar-refractivity contribution in [3.8, 4) is 11.8 Å². The van der Waals surface area contributed by atoms with E-state index in [1.165, 1.54) is 0 Å².